The number of aliphatic carboxylic acids is 1. The quantitative estimate of drug-likeness (QED) is 0.713. The Morgan fingerprint density at radius 1 is 1.44 bits per heavy atom. The summed E-state index contributed by atoms with van der Waals surface area (Å²) >= 11 is 11.6. The molecule has 1 rings (SSSR count). The highest BCUT2D eigenvalue weighted by molar-refractivity contribution is 6.36. The van der Waals surface area contributed by atoms with Crippen molar-refractivity contribution in [2.75, 3.05) is 11.9 Å². The van der Waals surface area contributed by atoms with Crippen molar-refractivity contribution in [2.45, 2.75) is 6.42 Å². The molecule has 0 atom stereocenters. The van der Waals surface area contributed by atoms with E-state index in [4.69, 9.17) is 33.7 Å². The van der Waals surface area contributed by atoms with Crippen LogP contribution in [0, 0.1) is 5.41 Å². The number of anilines is 1. The van der Waals surface area contributed by atoms with Gasteiger partial charge in [-0.15, -0.1) is 0 Å². The van der Waals surface area contributed by atoms with Crippen molar-refractivity contribution in [1.29, 1.82) is 5.41 Å². The molecule has 0 saturated heterocycles. The maximum Gasteiger partial charge on any atom is 0.349 e. The SMILES string of the molecule is N=C(CCNc1ccc(Cl)cc1Cl)C(=O)O. The van der Waals surface area contributed by atoms with E-state index in [-0.39, 0.29) is 12.1 Å². The summed E-state index contributed by atoms with van der Waals surface area (Å²) < 4.78 is 0. The topological polar surface area (TPSA) is 73.2 Å². The van der Waals surface area contributed by atoms with Crippen LogP contribution in [0.5, 0.6) is 0 Å². The maximum absolute atomic E-state index is 10.4. The first kappa shape index (κ1) is 12.8. The van der Waals surface area contributed by atoms with Crippen molar-refractivity contribution in [3.63, 3.8) is 0 Å². The van der Waals surface area contributed by atoms with Gasteiger partial charge in [0.05, 0.1) is 10.7 Å². The number of carboxylic acid groups (broad SMARTS) is 1. The lowest BCUT2D eigenvalue weighted by molar-refractivity contribution is -0.129. The molecule has 4 nitrogen and oxygen atoms in total. The van der Waals surface area contributed by atoms with E-state index in [1.54, 1.807) is 18.2 Å². The molecular weight excluding hydrogens is 251 g/mol. The zero-order chi connectivity index (χ0) is 12.1. The Kier molecular flexibility index (Phi) is 4.58. The van der Waals surface area contributed by atoms with E-state index in [1.165, 1.54) is 0 Å². The second-order valence-electron chi connectivity index (χ2n) is 3.08. The molecule has 1 aromatic rings. The number of rotatable bonds is 5. The van der Waals surface area contributed by atoms with E-state index < -0.39 is 5.97 Å². The van der Waals surface area contributed by atoms with Gasteiger partial charge >= 0.3 is 5.97 Å². The average Bonchev–Trinajstić information content (AvgIpc) is 2.20. The number of benzene rings is 1. The van der Waals surface area contributed by atoms with Crippen molar-refractivity contribution < 1.29 is 9.90 Å². The monoisotopic (exact) mass is 260 g/mol. The third-order valence-corrected chi connectivity index (χ3v) is 2.43. The first-order valence-corrected chi connectivity index (χ1v) is 5.26. The third kappa shape index (κ3) is 3.72. The van der Waals surface area contributed by atoms with Gasteiger partial charge in [0.25, 0.3) is 0 Å². The first-order chi connectivity index (χ1) is 7.50. The molecule has 0 fully saturated rings. The standard InChI is InChI=1S/C10H10Cl2N2O2/c11-6-1-2-9(7(12)5-6)14-4-3-8(13)10(15)16/h1-2,5,13-14H,3-4H2,(H,15,16). The second kappa shape index (κ2) is 5.72. The van der Waals surface area contributed by atoms with Crippen LogP contribution < -0.4 is 5.32 Å². The molecule has 0 amide bonds. The summed E-state index contributed by atoms with van der Waals surface area (Å²) in [4.78, 5) is 10.4. The van der Waals surface area contributed by atoms with Gasteiger partial charge in [0, 0.05) is 18.0 Å². The van der Waals surface area contributed by atoms with Gasteiger partial charge in [-0.1, -0.05) is 23.2 Å². The molecule has 86 valence electrons. The Hall–Kier alpha value is -1.26. The molecule has 1 aromatic carbocycles. The molecule has 0 bridgehead atoms. The Bertz CT molecular complexity index is 421. The lowest BCUT2D eigenvalue weighted by Crippen LogP contribution is -2.16. The van der Waals surface area contributed by atoms with Gasteiger partial charge < -0.3 is 10.4 Å². The van der Waals surface area contributed by atoms with Crippen LogP contribution in [0.3, 0.4) is 0 Å². The van der Waals surface area contributed by atoms with Gasteiger partial charge in [-0.3, -0.25) is 5.41 Å². The minimum atomic E-state index is -1.20. The van der Waals surface area contributed by atoms with Gasteiger partial charge in [0.2, 0.25) is 0 Å². The van der Waals surface area contributed by atoms with Crippen molar-refractivity contribution in [3.8, 4) is 0 Å². The van der Waals surface area contributed by atoms with Gasteiger partial charge in [0.1, 0.15) is 5.71 Å². The molecule has 0 unspecified atom stereocenters. The molecule has 0 saturated carbocycles. The smallest absolute Gasteiger partial charge is 0.349 e. The highest BCUT2D eigenvalue weighted by Crippen LogP contribution is 2.25. The second-order valence-corrected chi connectivity index (χ2v) is 3.93. The molecule has 6 heteroatoms. The maximum atomic E-state index is 10.4. The third-order valence-electron chi connectivity index (χ3n) is 1.88. The molecule has 0 aromatic heterocycles. The summed E-state index contributed by atoms with van der Waals surface area (Å²) in [6, 6.07) is 4.97. The summed E-state index contributed by atoms with van der Waals surface area (Å²) in [7, 11) is 0. The number of hydrogen-bond donors (Lipinski definition) is 3. The number of nitrogens with one attached hydrogen (secondary N) is 2. The fourth-order valence-electron chi connectivity index (χ4n) is 1.06. The predicted molar refractivity (Wildman–Crippen MR) is 64.9 cm³/mol. The van der Waals surface area contributed by atoms with E-state index in [9.17, 15) is 4.79 Å². The van der Waals surface area contributed by atoms with Crippen LogP contribution in [0.1, 0.15) is 6.42 Å². The lowest BCUT2D eigenvalue weighted by Gasteiger charge is -2.07. The van der Waals surface area contributed by atoms with Gasteiger partial charge in [-0.2, -0.15) is 0 Å². The van der Waals surface area contributed by atoms with Crippen LogP contribution in [-0.4, -0.2) is 23.3 Å². The molecule has 0 aliphatic rings. The van der Waals surface area contributed by atoms with Crippen LogP contribution in [0.2, 0.25) is 10.0 Å². The van der Waals surface area contributed by atoms with E-state index in [1.807, 2.05) is 0 Å². The molecule has 16 heavy (non-hydrogen) atoms. The lowest BCUT2D eigenvalue weighted by atomic mass is 10.2. The molecule has 0 heterocycles. The molecule has 0 aliphatic carbocycles. The summed E-state index contributed by atoms with van der Waals surface area (Å²) in [5.41, 5.74) is 0.335. The number of halogens is 2. The van der Waals surface area contributed by atoms with Crippen molar-refractivity contribution in [1.82, 2.24) is 0 Å². The highest BCUT2D eigenvalue weighted by Gasteiger charge is 2.06. The largest absolute Gasteiger partial charge is 0.477 e. The summed E-state index contributed by atoms with van der Waals surface area (Å²) in [6.45, 7) is 0.340. The summed E-state index contributed by atoms with van der Waals surface area (Å²) in [5.74, 6) is -1.20. The van der Waals surface area contributed by atoms with Crippen LogP contribution in [0.25, 0.3) is 0 Å². The molecule has 0 spiro atoms. The zero-order valence-electron chi connectivity index (χ0n) is 8.26. The van der Waals surface area contributed by atoms with Gasteiger partial charge in [-0.05, 0) is 18.2 Å². The van der Waals surface area contributed by atoms with Crippen molar-refractivity contribution in [3.05, 3.63) is 28.2 Å². The average molecular weight is 261 g/mol. The number of carboxylic acids is 1. The van der Waals surface area contributed by atoms with Crippen molar-refractivity contribution in [2.24, 2.45) is 0 Å². The Balaban J connectivity index is 2.49. The molecular formula is C10H10Cl2N2O2. The predicted octanol–water partition coefficient (Wildman–Crippen LogP) is 2.90. The van der Waals surface area contributed by atoms with Gasteiger partial charge in [0.15, 0.2) is 0 Å². The van der Waals surface area contributed by atoms with Crippen molar-refractivity contribution >= 4 is 40.6 Å². The Labute approximate surface area is 103 Å². The normalized spacial score (nSPS) is 9.88. The summed E-state index contributed by atoms with van der Waals surface area (Å²) in [5, 5.41) is 19.5. The van der Waals surface area contributed by atoms with E-state index in [0.29, 0.717) is 22.3 Å². The van der Waals surface area contributed by atoms with E-state index in [0.717, 1.165) is 0 Å². The Morgan fingerprint density at radius 2 is 2.12 bits per heavy atom. The van der Waals surface area contributed by atoms with Crippen LogP contribution in [0.4, 0.5) is 5.69 Å². The fourth-order valence-corrected chi connectivity index (χ4v) is 1.54. The fraction of sp³-hybridized carbons (Fsp3) is 0.200. The first-order valence-electron chi connectivity index (χ1n) is 4.50. The number of hydrogen-bond acceptors (Lipinski definition) is 3. The molecule has 3 N–H and O–H groups in total. The Morgan fingerprint density at radius 3 is 2.69 bits per heavy atom. The van der Waals surface area contributed by atoms with Crippen LogP contribution in [-0.2, 0) is 4.79 Å². The zero-order valence-corrected chi connectivity index (χ0v) is 9.77. The highest BCUT2D eigenvalue weighted by atomic mass is 35.5. The van der Waals surface area contributed by atoms with E-state index in [2.05, 4.69) is 5.32 Å². The minimum Gasteiger partial charge on any atom is -0.477 e. The van der Waals surface area contributed by atoms with Crippen LogP contribution >= 0.6 is 23.2 Å². The number of carbonyl (C=O) groups is 1. The molecule has 0 aliphatic heterocycles. The summed E-state index contributed by atoms with van der Waals surface area (Å²) in [6.07, 6.45) is 0.133. The van der Waals surface area contributed by atoms with Gasteiger partial charge in [-0.25, -0.2) is 4.79 Å². The minimum absolute atomic E-state index is 0.133. The molecule has 0 radical (unpaired) electrons. The van der Waals surface area contributed by atoms with Crippen LogP contribution in [0.15, 0.2) is 18.2 Å². The van der Waals surface area contributed by atoms with E-state index >= 15 is 0 Å².